The number of carbonyl (C=O) groups excluding carboxylic acids is 2. The molecule has 8 heteroatoms. The Kier molecular flexibility index (Phi) is 7.03. The zero-order valence-electron chi connectivity index (χ0n) is 18.9. The third-order valence-corrected chi connectivity index (χ3v) is 5.55. The van der Waals surface area contributed by atoms with Crippen LogP contribution in [0.5, 0.6) is 0 Å². The Labute approximate surface area is 196 Å². The van der Waals surface area contributed by atoms with E-state index in [0.717, 1.165) is 27.0 Å². The van der Waals surface area contributed by atoms with Crippen molar-refractivity contribution in [1.82, 2.24) is 15.1 Å². The van der Waals surface area contributed by atoms with E-state index >= 15 is 0 Å². The highest BCUT2D eigenvalue weighted by Gasteiger charge is 2.22. The number of hydrogen-bond acceptors (Lipinski definition) is 3. The van der Waals surface area contributed by atoms with E-state index in [-0.39, 0.29) is 17.9 Å². The number of rotatable bonds is 5. The van der Waals surface area contributed by atoms with Crippen LogP contribution in [-0.4, -0.2) is 28.3 Å². The number of aryl methyl sites for hydroxylation is 2. The fourth-order valence-corrected chi connectivity index (χ4v) is 3.52. The lowest BCUT2D eigenvalue weighted by Crippen LogP contribution is -2.36. The number of hydrogen-bond donors (Lipinski definition) is 3. The van der Waals surface area contributed by atoms with Crippen LogP contribution >= 0.6 is 15.9 Å². The molecule has 3 rings (SSSR count). The van der Waals surface area contributed by atoms with Crippen LogP contribution in [0.4, 0.5) is 16.3 Å². The van der Waals surface area contributed by atoms with Gasteiger partial charge in [-0.05, 0) is 53.5 Å². The Balaban J connectivity index is 1.74. The summed E-state index contributed by atoms with van der Waals surface area (Å²) in [4.78, 5) is 24.8. The van der Waals surface area contributed by atoms with Crippen LogP contribution < -0.4 is 16.0 Å². The van der Waals surface area contributed by atoms with Gasteiger partial charge in [0.15, 0.2) is 0 Å². The molecule has 0 atom stereocenters. The number of carbonyl (C=O) groups is 2. The molecule has 32 heavy (non-hydrogen) atoms. The molecule has 0 aliphatic carbocycles. The maximum absolute atomic E-state index is 12.6. The first-order valence-electron chi connectivity index (χ1n) is 10.3. The van der Waals surface area contributed by atoms with Gasteiger partial charge in [-0.3, -0.25) is 4.79 Å². The third-order valence-electron chi connectivity index (χ3n) is 4.86. The maximum atomic E-state index is 12.6. The zero-order valence-corrected chi connectivity index (χ0v) is 20.5. The van der Waals surface area contributed by atoms with E-state index in [1.807, 2.05) is 50.2 Å². The van der Waals surface area contributed by atoms with Gasteiger partial charge in [-0.15, -0.1) is 0 Å². The van der Waals surface area contributed by atoms with Crippen molar-refractivity contribution in [2.24, 2.45) is 0 Å². The van der Waals surface area contributed by atoms with Gasteiger partial charge in [0, 0.05) is 16.0 Å². The minimum Gasteiger partial charge on any atom is -0.329 e. The second-order valence-corrected chi connectivity index (χ2v) is 9.56. The summed E-state index contributed by atoms with van der Waals surface area (Å²) in [5.74, 6) is 0.207. The van der Waals surface area contributed by atoms with Gasteiger partial charge in [0.2, 0.25) is 5.91 Å². The predicted molar refractivity (Wildman–Crippen MR) is 132 cm³/mol. The number of halogens is 1. The van der Waals surface area contributed by atoms with E-state index in [2.05, 4.69) is 58.7 Å². The smallest absolute Gasteiger partial charge is 0.319 e. The molecule has 2 aromatic carbocycles. The lowest BCUT2D eigenvalue weighted by molar-refractivity contribution is -0.115. The first-order valence-corrected chi connectivity index (χ1v) is 11.1. The highest BCUT2D eigenvalue weighted by Crippen LogP contribution is 2.27. The Morgan fingerprint density at radius 3 is 2.41 bits per heavy atom. The monoisotopic (exact) mass is 497 g/mol. The Morgan fingerprint density at radius 1 is 1.03 bits per heavy atom. The van der Waals surface area contributed by atoms with Crippen LogP contribution in [0.15, 0.2) is 53.0 Å². The van der Waals surface area contributed by atoms with Crippen molar-refractivity contribution < 1.29 is 9.59 Å². The van der Waals surface area contributed by atoms with Gasteiger partial charge >= 0.3 is 6.03 Å². The molecule has 0 saturated carbocycles. The maximum Gasteiger partial charge on any atom is 0.319 e. The zero-order chi connectivity index (χ0) is 23.5. The van der Waals surface area contributed by atoms with Gasteiger partial charge < -0.3 is 16.0 Å². The second-order valence-electron chi connectivity index (χ2n) is 8.70. The predicted octanol–water partition coefficient (Wildman–Crippen LogP) is 5.31. The summed E-state index contributed by atoms with van der Waals surface area (Å²) >= 11 is 3.38. The molecule has 7 nitrogen and oxygen atoms in total. The highest BCUT2D eigenvalue weighted by molar-refractivity contribution is 9.10. The highest BCUT2D eigenvalue weighted by atomic mass is 79.9. The number of urea groups is 1. The summed E-state index contributed by atoms with van der Waals surface area (Å²) in [5, 5.41) is 12.9. The van der Waals surface area contributed by atoms with Crippen molar-refractivity contribution in [3.63, 3.8) is 0 Å². The van der Waals surface area contributed by atoms with Crippen molar-refractivity contribution in [2.45, 2.75) is 40.0 Å². The summed E-state index contributed by atoms with van der Waals surface area (Å²) in [6.07, 6.45) is 0. The molecule has 0 saturated heterocycles. The van der Waals surface area contributed by atoms with Crippen molar-refractivity contribution in [2.75, 3.05) is 17.2 Å². The van der Waals surface area contributed by atoms with Crippen molar-refractivity contribution in [1.29, 1.82) is 0 Å². The standard InChI is InChI=1S/C24H28BrN5O2/c1-15-10-11-19(16(2)12-15)30-21(13-20(29-30)24(3,4)5)28-22(31)14-26-23(32)27-18-9-7-6-8-17(18)25/h6-13H,14H2,1-5H3,(H,28,31)(H2,26,27,32). The van der Waals surface area contributed by atoms with Gasteiger partial charge in [-0.2, -0.15) is 5.10 Å². The molecule has 0 aliphatic heterocycles. The molecule has 3 aromatic rings. The summed E-state index contributed by atoms with van der Waals surface area (Å²) in [6.45, 7) is 10.1. The largest absolute Gasteiger partial charge is 0.329 e. The molecule has 1 aromatic heterocycles. The molecule has 0 spiro atoms. The molecular formula is C24H28BrN5O2. The van der Waals surface area contributed by atoms with Crippen LogP contribution in [0.25, 0.3) is 5.69 Å². The van der Waals surface area contributed by atoms with E-state index in [1.165, 1.54) is 0 Å². The van der Waals surface area contributed by atoms with Crippen LogP contribution in [0.1, 0.15) is 37.6 Å². The average Bonchev–Trinajstić information content (AvgIpc) is 3.12. The number of nitrogens with one attached hydrogen (secondary N) is 3. The number of benzene rings is 2. The van der Waals surface area contributed by atoms with E-state index in [4.69, 9.17) is 5.10 Å². The molecular weight excluding hydrogens is 470 g/mol. The molecule has 0 bridgehead atoms. The first kappa shape index (κ1) is 23.5. The minimum absolute atomic E-state index is 0.181. The number of aromatic nitrogens is 2. The summed E-state index contributed by atoms with van der Waals surface area (Å²) < 4.78 is 2.50. The molecule has 168 valence electrons. The molecule has 3 N–H and O–H groups in total. The summed E-state index contributed by atoms with van der Waals surface area (Å²) in [5.41, 5.74) is 4.38. The minimum atomic E-state index is -0.467. The van der Waals surface area contributed by atoms with Gasteiger partial charge in [-0.25, -0.2) is 9.48 Å². The van der Waals surface area contributed by atoms with Crippen molar-refractivity contribution in [3.8, 4) is 5.69 Å². The normalized spacial score (nSPS) is 11.2. The Bertz CT molecular complexity index is 1150. The Morgan fingerprint density at radius 2 is 1.75 bits per heavy atom. The molecule has 1 heterocycles. The number of para-hydroxylation sites is 1. The molecule has 0 radical (unpaired) electrons. The quantitative estimate of drug-likeness (QED) is 0.446. The van der Waals surface area contributed by atoms with Gasteiger partial charge in [0.25, 0.3) is 0 Å². The SMILES string of the molecule is Cc1ccc(-n2nc(C(C)(C)C)cc2NC(=O)CNC(=O)Nc2ccccc2Br)c(C)c1. The van der Waals surface area contributed by atoms with E-state index < -0.39 is 6.03 Å². The molecule has 0 unspecified atom stereocenters. The van der Waals surface area contributed by atoms with Gasteiger partial charge in [-0.1, -0.05) is 50.6 Å². The third kappa shape index (κ3) is 5.76. The molecule has 0 aliphatic rings. The lowest BCUT2D eigenvalue weighted by Gasteiger charge is -2.14. The number of anilines is 2. The second kappa shape index (κ2) is 9.56. The average molecular weight is 498 g/mol. The van der Waals surface area contributed by atoms with Crippen LogP contribution in [0, 0.1) is 13.8 Å². The van der Waals surface area contributed by atoms with Crippen molar-refractivity contribution >= 4 is 39.4 Å². The van der Waals surface area contributed by atoms with Gasteiger partial charge in [0.05, 0.1) is 23.6 Å². The number of nitrogens with zero attached hydrogens (tertiary/aromatic N) is 2. The van der Waals surface area contributed by atoms with Crippen LogP contribution in [-0.2, 0) is 10.2 Å². The van der Waals surface area contributed by atoms with Crippen LogP contribution in [0.3, 0.4) is 0 Å². The fourth-order valence-electron chi connectivity index (χ4n) is 3.14. The first-order chi connectivity index (χ1) is 15.0. The fraction of sp³-hybridized carbons (Fsp3) is 0.292. The topological polar surface area (TPSA) is 88.1 Å². The van der Waals surface area contributed by atoms with E-state index in [1.54, 1.807) is 10.7 Å². The Hall–Kier alpha value is -3.13. The van der Waals surface area contributed by atoms with E-state index in [0.29, 0.717) is 11.5 Å². The van der Waals surface area contributed by atoms with Gasteiger partial charge in [0.1, 0.15) is 5.82 Å². The van der Waals surface area contributed by atoms with Crippen molar-refractivity contribution in [3.05, 3.63) is 69.8 Å². The van der Waals surface area contributed by atoms with Crippen LogP contribution in [0.2, 0.25) is 0 Å². The molecule has 3 amide bonds. The van der Waals surface area contributed by atoms with E-state index in [9.17, 15) is 9.59 Å². The number of amides is 3. The summed E-state index contributed by atoms with van der Waals surface area (Å²) in [6, 6.07) is 14.7. The molecule has 0 fully saturated rings. The lowest BCUT2D eigenvalue weighted by atomic mass is 9.92. The summed E-state index contributed by atoms with van der Waals surface area (Å²) in [7, 11) is 0.